The SMILES string of the molecule is CC1(C)CCN(c2n[nH]c(=S)n2C2CCCC2)CC1. The molecule has 1 aliphatic carbocycles. The molecule has 0 aromatic carbocycles. The van der Waals surface area contributed by atoms with Crippen LogP contribution in [-0.2, 0) is 0 Å². The van der Waals surface area contributed by atoms with Crippen molar-refractivity contribution in [2.75, 3.05) is 18.0 Å². The summed E-state index contributed by atoms with van der Waals surface area (Å²) >= 11 is 5.44. The largest absolute Gasteiger partial charge is 0.341 e. The summed E-state index contributed by atoms with van der Waals surface area (Å²) in [6.07, 6.45) is 7.61. The maximum absolute atomic E-state index is 5.44. The van der Waals surface area contributed by atoms with Gasteiger partial charge in [0.1, 0.15) is 0 Å². The third-order valence-corrected chi connectivity index (χ3v) is 5.06. The van der Waals surface area contributed by atoms with Gasteiger partial charge in [0.15, 0.2) is 4.77 Å². The molecule has 106 valence electrons. The van der Waals surface area contributed by atoms with E-state index in [1.165, 1.54) is 38.5 Å². The first-order chi connectivity index (χ1) is 9.07. The van der Waals surface area contributed by atoms with Crippen LogP contribution in [0.4, 0.5) is 5.95 Å². The summed E-state index contributed by atoms with van der Waals surface area (Å²) in [7, 11) is 0. The number of aromatic nitrogens is 3. The zero-order valence-corrected chi connectivity index (χ0v) is 12.8. The molecule has 5 heteroatoms. The minimum Gasteiger partial charge on any atom is -0.341 e. The first-order valence-corrected chi connectivity index (χ1v) is 7.89. The van der Waals surface area contributed by atoms with Gasteiger partial charge in [0, 0.05) is 19.1 Å². The van der Waals surface area contributed by atoms with E-state index >= 15 is 0 Å². The molecule has 0 spiro atoms. The van der Waals surface area contributed by atoms with Crippen LogP contribution in [0.5, 0.6) is 0 Å². The molecule has 19 heavy (non-hydrogen) atoms. The lowest BCUT2D eigenvalue weighted by Gasteiger charge is -2.37. The molecule has 2 fully saturated rings. The number of hydrogen-bond acceptors (Lipinski definition) is 3. The molecule has 1 aromatic rings. The fraction of sp³-hybridized carbons (Fsp3) is 0.857. The van der Waals surface area contributed by atoms with Crippen molar-refractivity contribution in [3.8, 4) is 0 Å². The first-order valence-electron chi connectivity index (χ1n) is 7.49. The maximum Gasteiger partial charge on any atom is 0.225 e. The average Bonchev–Trinajstić information content (AvgIpc) is 2.98. The molecule has 0 radical (unpaired) electrons. The number of anilines is 1. The Morgan fingerprint density at radius 2 is 1.84 bits per heavy atom. The van der Waals surface area contributed by atoms with Gasteiger partial charge >= 0.3 is 0 Å². The fourth-order valence-corrected chi connectivity index (χ4v) is 3.60. The number of nitrogens with zero attached hydrogens (tertiary/aromatic N) is 3. The molecule has 0 unspecified atom stereocenters. The van der Waals surface area contributed by atoms with Crippen molar-refractivity contribution in [2.24, 2.45) is 5.41 Å². The zero-order chi connectivity index (χ0) is 13.5. The van der Waals surface area contributed by atoms with Gasteiger partial charge in [-0.1, -0.05) is 26.7 Å². The van der Waals surface area contributed by atoms with Gasteiger partial charge in [-0.3, -0.25) is 4.57 Å². The molecule has 1 aliphatic heterocycles. The molecule has 0 amide bonds. The highest BCUT2D eigenvalue weighted by Gasteiger charge is 2.29. The Balaban J connectivity index is 1.83. The molecule has 1 saturated carbocycles. The topological polar surface area (TPSA) is 36.9 Å². The van der Waals surface area contributed by atoms with Gasteiger partial charge < -0.3 is 4.90 Å². The van der Waals surface area contributed by atoms with Crippen molar-refractivity contribution >= 4 is 18.2 Å². The van der Waals surface area contributed by atoms with Gasteiger partial charge in [-0.05, 0) is 43.3 Å². The summed E-state index contributed by atoms with van der Waals surface area (Å²) in [5, 5.41) is 7.51. The van der Waals surface area contributed by atoms with E-state index in [0.29, 0.717) is 11.5 Å². The highest BCUT2D eigenvalue weighted by atomic mass is 32.1. The lowest BCUT2D eigenvalue weighted by Crippen LogP contribution is -2.39. The summed E-state index contributed by atoms with van der Waals surface area (Å²) in [5.74, 6) is 1.08. The van der Waals surface area contributed by atoms with Gasteiger partial charge in [-0.2, -0.15) is 0 Å². The molecule has 2 aliphatic rings. The van der Waals surface area contributed by atoms with Gasteiger partial charge in [0.05, 0.1) is 0 Å². The summed E-state index contributed by atoms with van der Waals surface area (Å²) in [6, 6.07) is 0.566. The molecule has 1 saturated heterocycles. The van der Waals surface area contributed by atoms with E-state index in [0.717, 1.165) is 23.8 Å². The van der Waals surface area contributed by atoms with Crippen LogP contribution in [0.2, 0.25) is 0 Å². The van der Waals surface area contributed by atoms with E-state index in [-0.39, 0.29) is 0 Å². The minimum absolute atomic E-state index is 0.474. The van der Waals surface area contributed by atoms with Crippen molar-refractivity contribution in [1.82, 2.24) is 14.8 Å². The minimum atomic E-state index is 0.474. The quantitative estimate of drug-likeness (QED) is 0.840. The Labute approximate surface area is 120 Å². The van der Waals surface area contributed by atoms with Gasteiger partial charge in [0.2, 0.25) is 5.95 Å². The fourth-order valence-electron chi connectivity index (χ4n) is 3.32. The molecule has 2 heterocycles. The van der Waals surface area contributed by atoms with Crippen molar-refractivity contribution in [3.63, 3.8) is 0 Å². The molecule has 0 bridgehead atoms. The van der Waals surface area contributed by atoms with Crippen molar-refractivity contribution < 1.29 is 0 Å². The van der Waals surface area contributed by atoms with E-state index in [9.17, 15) is 0 Å². The predicted octanol–water partition coefficient (Wildman–Crippen LogP) is 3.68. The average molecular weight is 280 g/mol. The van der Waals surface area contributed by atoms with Crippen LogP contribution >= 0.6 is 12.2 Å². The smallest absolute Gasteiger partial charge is 0.225 e. The summed E-state index contributed by atoms with van der Waals surface area (Å²) in [4.78, 5) is 2.41. The van der Waals surface area contributed by atoms with Crippen LogP contribution in [-0.4, -0.2) is 27.9 Å². The molecule has 0 atom stereocenters. The Morgan fingerprint density at radius 1 is 1.21 bits per heavy atom. The normalized spacial score (nSPS) is 24.0. The molecule has 4 nitrogen and oxygen atoms in total. The number of rotatable bonds is 2. The zero-order valence-electron chi connectivity index (χ0n) is 12.0. The standard InChI is InChI=1S/C14H24N4S/c1-14(2)7-9-17(10-8-14)12-15-16-13(19)18(12)11-5-3-4-6-11/h11H,3-10H2,1-2H3,(H,16,19). The maximum atomic E-state index is 5.44. The van der Waals surface area contributed by atoms with E-state index in [2.05, 4.69) is 33.5 Å². The summed E-state index contributed by atoms with van der Waals surface area (Å²) in [6.45, 7) is 6.91. The summed E-state index contributed by atoms with van der Waals surface area (Å²) < 4.78 is 3.08. The second kappa shape index (κ2) is 4.93. The lowest BCUT2D eigenvalue weighted by atomic mass is 9.83. The van der Waals surface area contributed by atoms with Gasteiger partial charge in [-0.15, -0.1) is 5.10 Å². The van der Waals surface area contributed by atoms with Crippen LogP contribution in [0.1, 0.15) is 58.4 Å². The molecular formula is C14H24N4S. The molecule has 3 rings (SSSR count). The van der Waals surface area contributed by atoms with Crippen LogP contribution in [0.15, 0.2) is 0 Å². The number of aromatic amines is 1. The van der Waals surface area contributed by atoms with Crippen LogP contribution in [0.3, 0.4) is 0 Å². The number of hydrogen-bond donors (Lipinski definition) is 1. The first kappa shape index (κ1) is 13.2. The van der Waals surface area contributed by atoms with Crippen LogP contribution in [0.25, 0.3) is 0 Å². The van der Waals surface area contributed by atoms with E-state index in [1.54, 1.807) is 0 Å². The summed E-state index contributed by atoms with van der Waals surface area (Å²) in [5.41, 5.74) is 0.474. The predicted molar refractivity (Wildman–Crippen MR) is 80.1 cm³/mol. The van der Waals surface area contributed by atoms with Gasteiger partial charge in [0.25, 0.3) is 0 Å². The second-order valence-electron chi connectivity index (χ2n) is 6.79. The lowest BCUT2D eigenvalue weighted by molar-refractivity contribution is 0.276. The monoisotopic (exact) mass is 280 g/mol. The second-order valence-corrected chi connectivity index (χ2v) is 7.18. The Hall–Kier alpha value is -0.840. The van der Waals surface area contributed by atoms with Crippen molar-refractivity contribution in [2.45, 2.75) is 58.4 Å². The van der Waals surface area contributed by atoms with Crippen LogP contribution in [0, 0.1) is 10.2 Å². The molecule has 1 N–H and O–H groups in total. The molecular weight excluding hydrogens is 256 g/mol. The Bertz CT molecular complexity index is 486. The van der Waals surface area contributed by atoms with E-state index < -0.39 is 0 Å². The van der Waals surface area contributed by atoms with Gasteiger partial charge in [-0.25, -0.2) is 5.10 Å². The highest BCUT2D eigenvalue weighted by Crippen LogP contribution is 2.35. The Kier molecular flexibility index (Phi) is 3.41. The number of H-pyrrole nitrogens is 1. The highest BCUT2D eigenvalue weighted by molar-refractivity contribution is 7.71. The Morgan fingerprint density at radius 3 is 2.47 bits per heavy atom. The third kappa shape index (κ3) is 2.57. The van der Waals surface area contributed by atoms with E-state index in [1.807, 2.05) is 0 Å². The number of piperidine rings is 1. The van der Waals surface area contributed by atoms with Crippen molar-refractivity contribution in [3.05, 3.63) is 4.77 Å². The van der Waals surface area contributed by atoms with E-state index in [4.69, 9.17) is 12.2 Å². The van der Waals surface area contributed by atoms with Crippen LogP contribution < -0.4 is 4.90 Å². The molecule has 1 aromatic heterocycles. The van der Waals surface area contributed by atoms with Crippen molar-refractivity contribution in [1.29, 1.82) is 0 Å². The number of nitrogens with one attached hydrogen (secondary N) is 1. The third-order valence-electron chi connectivity index (χ3n) is 4.78.